The van der Waals surface area contributed by atoms with Gasteiger partial charge in [-0.1, -0.05) is 340 Å². The summed E-state index contributed by atoms with van der Waals surface area (Å²) < 4.78 is 22.0. The molecule has 0 unspecified atom stereocenters. The number of rotatable bonds is 38. The van der Waals surface area contributed by atoms with Crippen LogP contribution in [0.4, 0.5) is 68.2 Å². The van der Waals surface area contributed by atoms with Crippen LogP contribution in [-0.2, 0) is 26.4 Å². The van der Waals surface area contributed by atoms with E-state index in [4.69, 9.17) is 18.9 Å². The topological polar surface area (TPSA) is 131 Å². The molecular formula is C138H114N4O8. The van der Waals surface area contributed by atoms with Crippen molar-refractivity contribution >= 4 is 165 Å². The van der Waals surface area contributed by atoms with Crippen LogP contribution < -0.4 is 38.5 Å². The van der Waals surface area contributed by atoms with Crippen LogP contribution in [0.2, 0.25) is 0 Å². The number of hydrogen-bond donors (Lipinski definition) is 4. The molecule has 19 rings (SSSR count). The number of anilines is 12. The van der Waals surface area contributed by atoms with E-state index >= 15 is 0 Å². The minimum Gasteiger partial charge on any atom is -0.497 e. The van der Waals surface area contributed by atoms with Crippen molar-refractivity contribution in [3.8, 4) is 45.3 Å². The third-order valence-corrected chi connectivity index (χ3v) is 26.6. The predicted octanol–water partition coefficient (Wildman–Crippen LogP) is 34.3. The van der Waals surface area contributed by atoms with Gasteiger partial charge in [0.05, 0.1) is 54.9 Å². The van der Waals surface area contributed by atoms with Gasteiger partial charge in [0.25, 0.3) is 0 Å². The molecule has 0 atom stereocenters. The van der Waals surface area contributed by atoms with Crippen molar-refractivity contribution in [2.45, 2.75) is 26.4 Å². The number of hydrogen-bond acceptors (Lipinski definition) is 12. The molecule has 0 saturated carbocycles. The first-order valence-electron chi connectivity index (χ1n) is 50.0. The third kappa shape index (κ3) is 25.4. The lowest BCUT2D eigenvalue weighted by Gasteiger charge is -2.26. The number of aliphatic hydroxyl groups excluding tert-OH is 4. The van der Waals surface area contributed by atoms with Gasteiger partial charge in [0, 0.05) is 68.2 Å². The monoisotopic (exact) mass is 1950 g/mol. The number of nitrogens with zero attached hydrogens (tertiary/aromatic N) is 4. The van der Waals surface area contributed by atoms with E-state index in [-0.39, 0.29) is 26.4 Å². The molecule has 0 saturated heterocycles. The zero-order valence-electron chi connectivity index (χ0n) is 84.0. The van der Waals surface area contributed by atoms with Crippen molar-refractivity contribution in [3.63, 3.8) is 0 Å². The molecule has 0 amide bonds. The fourth-order valence-electron chi connectivity index (χ4n) is 18.0. The summed E-state index contributed by atoms with van der Waals surface area (Å²) in [5.74, 6) is 3.15. The molecule has 19 aromatic rings. The fourth-order valence-corrected chi connectivity index (χ4v) is 18.0. The molecule has 150 heavy (non-hydrogen) atoms. The summed E-state index contributed by atoms with van der Waals surface area (Å²) in [6, 6.07) is 155. The van der Waals surface area contributed by atoms with Gasteiger partial charge in [-0.2, -0.15) is 0 Å². The van der Waals surface area contributed by atoms with Crippen LogP contribution in [0, 0.1) is 0 Å². The minimum atomic E-state index is -0.0296. The SMILES string of the molecule is COc1ccc(N(c2ccc(/C=C/c3ccc(/C=C/c4cc(-c5ccc(/C=C/c6ccc(/C=C/c7ccc(N(c8ccc(OC)cc8)c8ccc(OC)cc8)cc7)cc6)cc5)c(/C=C/c5ccc(/C=C/c6ccc(N(c7ccc(CO)cc7)c7ccc(OC)cc7)cc6)cc5)cc4-c4ccc(/C=C/c5ccc(/C=C/c6ccc(N(c7ccc(CO)cc7)c7ccc(CO)cc7)cc6)cc5)cc4)cc3)cc2)c2ccc(CO)cc2)cc1. The van der Waals surface area contributed by atoms with Crippen molar-refractivity contribution in [2.75, 3.05) is 48.0 Å². The molecule has 0 bridgehead atoms. The molecule has 0 radical (unpaired) electrons. The molecule has 0 aliphatic heterocycles. The molecular weight excluding hydrogens is 1840 g/mol. The van der Waals surface area contributed by atoms with Crippen molar-refractivity contribution in [3.05, 3.63) is 560 Å². The molecule has 0 aromatic heterocycles. The van der Waals surface area contributed by atoms with Gasteiger partial charge >= 0.3 is 0 Å². The number of benzene rings is 19. The average molecular weight is 1960 g/mol. The smallest absolute Gasteiger partial charge is 0.119 e. The van der Waals surface area contributed by atoms with Crippen molar-refractivity contribution in [2.24, 2.45) is 0 Å². The van der Waals surface area contributed by atoms with E-state index in [0.717, 1.165) is 225 Å². The molecule has 12 heteroatoms. The van der Waals surface area contributed by atoms with E-state index in [0.29, 0.717) is 0 Å². The molecule has 4 N–H and O–H groups in total. The Kier molecular flexibility index (Phi) is 32.6. The van der Waals surface area contributed by atoms with E-state index < -0.39 is 0 Å². The second-order valence-electron chi connectivity index (χ2n) is 36.4. The summed E-state index contributed by atoms with van der Waals surface area (Å²) in [4.78, 5) is 8.78. The Morgan fingerprint density at radius 3 is 0.413 bits per heavy atom. The summed E-state index contributed by atoms with van der Waals surface area (Å²) in [5.41, 5.74) is 36.6. The summed E-state index contributed by atoms with van der Waals surface area (Å²) in [7, 11) is 6.71. The summed E-state index contributed by atoms with van der Waals surface area (Å²) >= 11 is 0. The van der Waals surface area contributed by atoms with E-state index in [2.05, 4.69) is 420 Å². The number of aliphatic hydroxyl groups is 4. The van der Waals surface area contributed by atoms with E-state index in [1.807, 2.05) is 146 Å². The van der Waals surface area contributed by atoms with Crippen LogP contribution in [0.1, 0.15) is 111 Å². The zero-order chi connectivity index (χ0) is 103. The Hall–Kier alpha value is -18.7. The highest BCUT2D eigenvalue weighted by Gasteiger charge is 2.21. The Bertz CT molecular complexity index is 7280. The maximum absolute atomic E-state index is 9.88. The van der Waals surface area contributed by atoms with E-state index in [1.54, 1.807) is 28.4 Å². The van der Waals surface area contributed by atoms with Crippen LogP contribution in [0.25, 0.3) is 119 Å². The van der Waals surface area contributed by atoms with Crippen molar-refractivity contribution in [1.82, 2.24) is 0 Å². The van der Waals surface area contributed by atoms with Crippen LogP contribution in [0.3, 0.4) is 0 Å². The van der Waals surface area contributed by atoms with Crippen LogP contribution >= 0.6 is 0 Å². The Labute approximate surface area is 878 Å². The van der Waals surface area contributed by atoms with E-state index in [1.165, 1.54) is 0 Å². The molecule has 19 aromatic carbocycles. The number of methoxy groups -OCH3 is 4. The Balaban J connectivity index is 0.608. The van der Waals surface area contributed by atoms with Gasteiger partial charge in [-0.15, -0.1) is 0 Å². The summed E-state index contributed by atoms with van der Waals surface area (Å²) in [5, 5.41) is 39.4. The van der Waals surface area contributed by atoms with Crippen LogP contribution in [-0.4, -0.2) is 48.9 Å². The molecule has 0 fully saturated rings. The van der Waals surface area contributed by atoms with Gasteiger partial charge in [0.1, 0.15) is 23.0 Å². The normalized spacial score (nSPS) is 11.6. The zero-order valence-corrected chi connectivity index (χ0v) is 84.0. The first-order chi connectivity index (χ1) is 73.8. The maximum Gasteiger partial charge on any atom is 0.119 e. The lowest BCUT2D eigenvalue weighted by Crippen LogP contribution is -2.10. The first kappa shape index (κ1) is 100. The molecule has 0 heterocycles. The maximum atomic E-state index is 9.88. The van der Waals surface area contributed by atoms with Gasteiger partial charge in [0.15, 0.2) is 0 Å². The minimum absolute atomic E-state index is 0.0266. The van der Waals surface area contributed by atoms with Crippen LogP contribution in [0.15, 0.2) is 449 Å². The molecule has 12 nitrogen and oxygen atoms in total. The van der Waals surface area contributed by atoms with Crippen LogP contribution in [0.5, 0.6) is 23.0 Å². The van der Waals surface area contributed by atoms with Gasteiger partial charge in [0.2, 0.25) is 0 Å². The largest absolute Gasteiger partial charge is 0.497 e. The fraction of sp³-hybridized carbons (Fsp3) is 0.0580. The highest BCUT2D eigenvalue weighted by Crippen LogP contribution is 2.44. The summed E-state index contributed by atoms with van der Waals surface area (Å²) in [6.45, 7) is -0.112. The summed E-state index contributed by atoms with van der Waals surface area (Å²) in [6.07, 6.45) is 34.8. The molecule has 734 valence electrons. The average Bonchev–Trinajstić information content (AvgIpc) is 0.782. The highest BCUT2D eigenvalue weighted by atomic mass is 16.5. The van der Waals surface area contributed by atoms with Crippen molar-refractivity contribution < 1.29 is 39.4 Å². The van der Waals surface area contributed by atoms with Crippen molar-refractivity contribution in [1.29, 1.82) is 0 Å². The van der Waals surface area contributed by atoms with Gasteiger partial charge in [-0.3, -0.25) is 0 Å². The lowest BCUT2D eigenvalue weighted by molar-refractivity contribution is 0.281. The van der Waals surface area contributed by atoms with Gasteiger partial charge in [-0.25, -0.2) is 0 Å². The standard InChI is InChI=1S/C138H114N4O8/c1-147-133-85-77-129(78-86-133)140(127-73-51-115(97-145)52-74-127)122-63-41-110(42-64-122)31-21-103-13-23-105(24-14-103)37-59-119-94-138(118-57-35-108(36-58-118)28-18-100-7-11-102(12-8-100)20-30-112-45-67-124(68-46-112)142(131-81-89-135(149-3)90-82-131)132-83-91-136(150-4)92-84-132)120(60-38-106-25-15-104(16-26-106)22-32-111-43-65-123(66-44-111)141(128-75-53-116(98-146)54-76-128)130-79-87-134(148-2)88-80-130)93-137(119)117-55-33-107(34-56-117)27-17-99-5-9-101(10-6-99)19-29-109-39-61-121(62-40-109)139(125-69-47-113(95-143)48-70-125)126-71-49-114(96-144)50-72-126/h5-94,143-146H,95-98H2,1-4H3/b27-17+,28-18+,29-19+,30-20+,31-21+,32-22+,59-37+,60-38+. The van der Waals surface area contributed by atoms with Gasteiger partial charge in [-0.05, 0) is 340 Å². The number of ether oxygens (including phenoxy) is 4. The quantitative estimate of drug-likeness (QED) is 0.0275. The molecule has 0 aliphatic carbocycles. The first-order valence-corrected chi connectivity index (χ1v) is 50.0. The predicted molar refractivity (Wildman–Crippen MR) is 629 cm³/mol. The second kappa shape index (κ2) is 48.8. The van der Waals surface area contributed by atoms with E-state index in [9.17, 15) is 20.4 Å². The van der Waals surface area contributed by atoms with Gasteiger partial charge < -0.3 is 59.0 Å². The third-order valence-electron chi connectivity index (χ3n) is 26.6. The molecule has 0 spiro atoms. The highest BCUT2D eigenvalue weighted by molar-refractivity contribution is 5.93. The lowest BCUT2D eigenvalue weighted by atomic mass is 9.89. The second-order valence-corrected chi connectivity index (χ2v) is 36.4. The Morgan fingerprint density at radius 1 is 0.153 bits per heavy atom. The molecule has 0 aliphatic rings. The Morgan fingerprint density at radius 2 is 0.273 bits per heavy atom.